The van der Waals surface area contributed by atoms with Gasteiger partial charge >= 0.3 is 6.03 Å². The Hall–Kier alpha value is -3.88. The van der Waals surface area contributed by atoms with E-state index in [0.717, 1.165) is 33.7 Å². The standard InChI is InChI=1S/C29H30F2N4O3/c1-16(18-8-22(30)11-23(31)9-18)35(26(37)28(2,3)4)15-17-6-19-7-20-12-29(25(36)33-27(38)34(29)5)13-21(20)10-24(19)32-14-17/h6-11,14,16H,12-13,15H2,1-5H3,(H,33,36,38). The van der Waals surface area contributed by atoms with Crippen molar-refractivity contribution >= 4 is 28.7 Å². The van der Waals surface area contributed by atoms with Gasteiger partial charge in [0.2, 0.25) is 5.91 Å². The Labute approximate surface area is 219 Å². The number of likely N-dealkylation sites (N-methyl/N-ethyl adjacent to an activating group) is 1. The first kappa shape index (κ1) is 25.8. The summed E-state index contributed by atoms with van der Waals surface area (Å²) in [6.07, 6.45) is 2.53. The van der Waals surface area contributed by atoms with E-state index in [2.05, 4.69) is 10.3 Å². The second-order valence-corrected chi connectivity index (χ2v) is 11.4. The highest BCUT2D eigenvalue weighted by molar-refractivity contribution is 6.08. The molecular formula is C29H30F2N4O3. The lowest BCUT2D eigenvalue weighted by Crippen LogP contribution is -2.48. The predicted octanol–water partition coefficient (Wildman–Crippen LogP) is 4.67. The maximum atomic E-state index is 14.0. The van der Waals surface area contributed by atoms with E-state index in [-0.39, 0.29) is 18.4 Å². The summed E-state index contributed by atoms with van der Waals surface area (Å²) >= 11 is 0. The zero-order valence-electron chi connectivity index (χ0n) is 22.1. The summed E-state index contributed by atoms with van der Waals surface area (Å²) in [5.41, 5.74) is 2.17. The molecule has 0 bridgehead atoms. The number of urea groups is 1. The van der Waals surface area contributed by atoms with Gasteiger partial charge in [-0.05, 0) is 59.5 Å². The minimum absolute atomic E-state index is 0.161. The van der Waals surface area contributed by atoms with Crippen molar-refractivity contribution < 1.29 is 23.2 Å². The fourth-order valence-corrected chi connectivity index (χ4v) is 5.47. The van der Waals surface area contributed by atoms with E-state index < -0.39 is 34.7 Å². The molecule has 1 aliphatic carbocycles. The number of benzene rings is 2. The molecule has 9 heteroatoms. The number of carbonyl (C=O) groups is 3. The van der Waals surface area contributed by atoms with E-state index in [1.165, 1.54) is 17.0 Å². The molecule has 2 heterocycles. The van der Waals surface area contributed by atoms with Crippen LogP contribution in [0.2, 0.25) is 0 Å². The summed E-state index contributed by atoms with van der Waals surface area (Å²) in [7, 11) is 1.63. The molecule has 1 aliphatic heterocycles. The zero-order chi connectivity index (χ0) is 27.6. The first-order valence-electron chi connectivity index (χ1n) is 12.6. The summed E-state index contributed by atoms with van der Waals surface area (Å²) in [5, 5.41) is 3.25. The Morgan fingerprint density at radius 3 is 2.29 bits per heavy atom. The van der Waals surface area contributed by atoms with Crippen LogP contribution in [0.5, 0.6) is 0 Å². The van der Waals surface area contributed by atoms with E-state index in [1.54, 1.807) is 45.8 Å². The highest BCUT2D eigenvalue weighted by Crippen LogP contribution is 2.39. The number of hydrogen-bond donors (Lipinski definition) is 1. The largest absolute Gasteiger partial charge is 0.331 e. The Morgan fingerprint density at radius 2 is 1.71 bits per heavy atom. The number of imide groups is 1. The van der Waals surface area contributed by atoms with Crippen LogP contribution in [0.4, 0.5) is 13.6 Å². The third kappa shape index (κ3) is 4.29. The molecule has 5 rings (SSSR count). The van der Waals surface area contributed by atoms with Gasteiger partial charge in [-0.15, -0.1) is 0 Å². The fraction of sp³-hybridized carbons (Fsp3) is 0.379. The molecular weight excluding hydrogens is 490 g/mol. The number of halogens is 2. The van der Waals surface area contributed by atoms with Crippen LogP contribution >= 0.6 is 0 Å². The van der Waals surface area contributed by atoms with E-state index in [4.69, 9.17) is 0 Å². The second kappa shape index (κ2) is 8.85. The normalized spacial score (nSPS) is 19.7. The number of pyridine rings is 1. The van der Waals surface area contributed by atoms with Gasteiger partial charge in [0.25, 0.3) is 5.91 Å². The molecule has 4 amide bonds. The molecule has 1 saturated heterocycles. The van der Waals surface area contributed by atoms with Crippen LogP contribution in [0.15, 0.2) is 42.6 Å². The molecule has 1 N–H and O–H groups in total. The molecule has 1 spiro atoms. The van der Waals surface area contributed by atoms with Crippen LogP contribution in [0.25, 0.3) is 10.9 Å². The molecule has 0 radical (unpaired) electrons. The van der Waals surface area contributed by atoms with Gasteiger partial charge in [0, 0.05) is 49.5 Å². The molecule has 2 aromatic carbocycles. The second-order valence-electron chi connectivity index (χ2n) is 11.4. The van der Waals surface area contributed by atoms with Gasteiger partial charge in [-0.25, -0.2) is 13.6 Å². The molecule has 1 fully saturated rings. The molecule has 198 valence electrons. The van der Waals surface area contributed by atoms with Gasteiger partial charge in [0.15, 0.2) is 0 Å². The Morgan fingerprint density at radius 1 is 1.08 bits per heavy atom. The van der Waals surface area contributed by atoms with Gasteiger partial charge < -0.3 is 9.80 Å². The van der Waals surface area contributed by atoms with Crippen molar-refractivity contribution in [2.45, 2.75) is 58.7 Å². The number of hydrogen-bond acceptors (Lipinski definition) is 4. The molecule has 0 saturated carbocycles. The van der Waals surface area contributed by atoms with Crippen LogP contribution < -0.4 is 5.32 Å². The number of fused-ring (bicyclic) bond motifs is 2. The summed E-state index contributed by atoms with van der Waals surface area (Å²) < 4.78 is 28.0. The van der Waals surface area contributed by atoms with Crippen molar-refractivity contribution in [3.05, 3.63) is 76.5 Å². The monoisotopic (exact) mass is 520 g/mol. The lowest BCUT2D eigenvalue weighted by Gasteiger charge is -2.35. The van der Waals surface area contributed by atoms with Crippen molar-refractivity contribution in [3.8, 4) is 0 Å². The average molecular weight is 521 g/mol. The number of nitrogens with one attached hydrogen (secondary N) is 1. The Kier molecular flexibility index (Phi) is 6.00. The van der Waals surface area contributed by atoms with E-state index in [1.807, 2.05) is 18.2 Å². The van der Waals surface area contributed by atoms with Crippen LogP contribution in [0.1, 0.15) is 56.0 Å². The van der Waals surface area contributed by atoms with Crippen LogP contribution in [0, 0.1) is 17.0 Å². The van der Waals surface area contributed by atoms with Gasteiger partial charge in [-0.3, -0.25) is 19.9 Å². The van der Waals surface area contributed by atoms with E-state index >= 15 is 0 Å². The van der Waals surface area contributed by atoms with Gasteiger partial charge in [0.05, 0.1) is 11.6 Å². The number of carbonyl (C=O) groups excluding carboxylic acids is 3. The molecule has 2 unspecified atom stereocenters. The summed E-state index contributed by atoms with van der Waals surface area (Å²) in [4.78, 5) is 45.9. The molecule has 1 aromatic heterocycles. The van der Waals surface area contributed by atoms with Crippen molar-refractivity contribution in [3.63, 3.8) is 0 Å². The molecule has 3 aromatic rings. The van der Waals surface area contributed by atoms with Gasteiger partial charge in [0.1, 0.15) is 17.2 Å². The van der Waals surface area contributed by atoms with Crippen LogP contribution in [0.3, 0.4) is 0 Å². The highest BCUT2D eigenvalue weighted by atomic mass is 19.1. The van der Waals surface area contributed by atoms with Crippen molar-refractivity contribution in [1.82, 2.24) is 20.1 Å². The van der Waals surface area contributed by atoms with Crippen molar-refractivity contribution in [1.29, 1.82) is 0 Å². The Bertz CT molecular complexity index is 1480. The summed E-state index contributed by atoms with van der Waals surface area (Å²) in [5.74, 6) is -1.85. The van der Waals surface area contributed by atoms with E-state index in [0.29, 0.717) is 18.4 Å². The number of aromatic nitrogens is 1. The van der Waals surface area contributed by atoms with Crippen LogP contribution in [-0.4, -0.2) is 45.2 Å². The molecule has 38 heavy (non-hydrogen) atoms. The average Bonchev–Trinajstić information content (AvgIpc) is 3.31. The number of amides is 4. The van der Waals surface area contributed by atoms with Gasteiger partial charge in [-0.2, -0.15) is 0 Å². The highest BCUT2D eigenvalue weighted by Gasteiger charge is 2.54. The molecule has 7 nitrogen and oxygen atoms in total. The quantitative estimate of drug-likeness (QED) is 0.507. The predicted molar refractivity (Wildman–Crippen MR) is 138 cm³/mol. The van der Waals surface area contributed by atoms with E-state index in [9.17, 15) is 23.2 Å². The maximum absolute atomic E-state index is 14.0. The third-order valence-electron chi connectivity index (χ3n) is 7.71. The first-order valence-corrected chi connectivity index (χ1v) is 12.6. The Balaban J connectivity index is 1.48. The minimum atomic E-state index is -0.925. The topological polar surface area (TPSA) is 82.6 Å². The zero-order valence-corrected chi connectivity index (χ0v) is 22.1. The third-order valence-corrected chi connectivity index (χ3v) is 7.71. The number of nitrogens with zero attached hydrogens (tertiary/aromatic N) is 3. The smallest absolute Gasteiger partial charge is 0.324 e. The molecule has 2 aliphatic rings. The summed E-state index contributed by atoms with van der Waals surface area (Å²) in [6, 6.07) is 8.19. The lowest BCUT2D eigenvalue weighted by atomic mass is 9.92. The maximum Gasteiger partial charge on any atom is 0.324 e. The van der Waals surface area contributed by atoms with Gasteiger partial charge in [-0.1, -0.05) is 20.8 Å². The SMILES string of the molecule is CC(c1cc(F)cc(F)c1)N(Cc1cnc2cc3c(cc2c1)CC1(C3)C(=O)NC(=O)N1C)C(=O)C(C)(C)C. The van der Waals surface area contributed by atoms with Crippen molar-refractivity contribution in [2.75, 3.05) is 7.05 Å². The lowest BCUT2D eigenvalue weighted by molar-refractivity contribution is -0.142. The first-order chi connectivity index (χ1) is 17.8. The number of rotatable bonds is 4. The summed E-state index contributed by atoms with van der Waals surface area (Å²) in [6.45, 7) is 7.36. The minimum Gasteiger partial charge on any atom is -0.331 e. The molecule has 2 atom stereocenters. The van der Waals surface area contributed by atoms with Crippen molar-refractivity contribution in [2.24, 2.45) is 5.41 Å². The van der Waals surface area contributed by atoms with Crippen LogP contribution in [-0.2, 0) is 29.0 Å². The fourth-order valence-electron chi connectivity index (χ4n) is 5.47.